The molecule has 0 heterocycles. The van der Waals surface area contributed by atoms with Gasteiger partial charge in [0, 0.05) is 13.0 Å². The Kier molecular flexibility index (Phi) is 5.47. The van der Waals surface area contributed by atoms with Crippen molar-refractivity contribution >= 4 is 5.97 Å². The molecule has 3 nitrogen and oxygen atoms in total. The largest absolute Gasteiger partial charge is 0.432 e. The third kappa shape index (κ3) is 7.06. The van der Waals surface area contributed by atoms with Gasteiger partial charge in [-0.15, -0.1) is 0 Å². The molecule has 0 saturated heterocycles. The molecule has 0 saturated carbocycles. The molecule has 0 spiro atoms. The van der Waals surface area contributed by atoms with Gasteiger partial charge in [-0.2, -0.15) is 0 Å². The van der Waals surface area contributed by atoms with E-state index in [-0.39, 0.29) is 12.6 Å². The molecule has 0 aliphatic rings. The van der Waals surface area contributed by atoms with E-state index in [1.54, 1.807) is 6.92 Å². The number of aliphatic hydroxyl groups excluding tert-OH is 1. The Labute approximate surface area is 66.7 Å². The van der Waals surface area contributed by atoms with Crippen molar-refractivity contribution in [2.24, 2.45) is 0 Å². The summed E-state index contributed by atoms with van der Waals surface area (Å²) in [6.07, 6.45) is 1.67. The maximum Gasteiger partial charge on any atom is 0.310 e. The molecule has 0 atom stereocenters. The summed E-state index contributed by atoms with van der Waals surface area (Å²) in [5.41, 5.74) is 0. The summed E-state index contributed by atoms with van der Waals surface area (Å²) in [6, 6.07) is 0. The van der Waals surface area contributed by atoms with Gasteiger partial charge in [-0.05, 0) is 19.8 Å². The molecule has 64 valence electrons. The highest BCUT2D eigenvalue weighted by Crippen LogP contribution is 2.00. The number of unbranched alkanes of at least 4 members (excludes halogenated alkanes) is 1. The lowest BCUT2D eigenvalue weighted by Gasteiger charge is -2.01. The quantitative estimate of drug-likeness (QED) is 0.372. The third-order valence-electron chi connectivity index (χ3n) is 1.08. The Morgan fingerprint density at radius 2 is 2.18 bits per heavy atom. The third-order valence-corrected chi connectivity index (χ3v) is 1.08. The standard InChI is InChI=1S/C8H14O3/c1-7(2)11-8(10)5-3-4-6-9/h9H,1,3-6H2,2H3. The lowest BCUT2D eigenvalue weighted by Crippen LogP contribution is -2.02. The van der Waals surface area contributed by atoms with E-state index in [4.69, 9.17) is 5.11 Å². The maximum atomic E-state index is 10.8. The highest BCUT2D eigenvalue weighted by molar-refractivity contribution is 5.70. The number of hydrogen-bond donors (Lipinski definition) is 1. The number of esters is 1. The molecule has 1 N–H and O–H groups in total. The molecule has 0 aromatic heterocycles. The van der Waals surface area contributed by atoms with E-state index < -0.39 is 0 Å². The molecule has 0 aliphatic heterocycles. The first-order valence-corrected chi connectivity index (χ1v) is 3.64. The van der Waals surface area contributed by atoms with Gasteiger partial charge in [-0.3, -0.25) is 4.79 Å². The van der Waals surface area contributed by atoms with Crippen molar-refractivity contribution in [3.8, 4) is 0 Å². The zero-order chi connectivity index (χ0) is 8.69. The van der Waals surface area contributed by atoms with Crippen LogP contribution in [-0.2, 0) is 9.53 Å². The zero-order valence-corrected chi connectivity index (χ0v) is 6.80. The Morgan fingerprint density at radius 1 is 1.55 bits per heavy atom. The zero-order valence-electron chi connectivity index (χ0n) is 6.80. The van der Waals surface area contributed by atoms with Crippen LogP contribution < -0.4 is 0 Å². The van der Waals surface area contributed by atoms with Crippen LogP contribution in [0.2, 0.25) is 0 Å². The van der Waals surface area contributed by atoms with Crippen LogP contribution in [0.15, 0.2) is 12.3 Å². The second kappa shape index (κ2) is 5.92. The van der Waals surface area contributed by atoms with Crippen molar-refractivity contribution in [1.82, 2.24) is 0 Å². The summed E-state index contributed by atoms with van der Waals surface area (Å²) >= 11 is 0. The molecule has 0 bridgehead atoms. The van der Waals surface area contributed by atoms with Crippen LogP contribution in [0.3, 0.4) is 0 Å². The molecule has 0 radical (unpaired) electrons. The minimum Gasteiger partial charge on any atom is -0.432 e. The van der Waals surface area contributed by atoms with Crippen LogP contribution in [0, 0.1) is 0 Å². The highest BCUT2D eigenvalue weighted by Gasteiger charge is 2.01. The number of carbonyl (C=O) groups is 1. The predicted molar refractivity (Wildman–Crippen MR) is 41.8 cm³/mol. The normalized spacial score (nSPS) is 9.27. The van der Waals surface area contributed by atoms with E-state index in [1.165, 1.54) is 0 Å². The lowest BCUT2D eigenvalue weighted by atomic mass is 10.2. The van der Waals surface area contributed by atoms with Crippen molar-refractivity contribution in [2.45, 2.75) is 26.2 Å². The van der Waals surface area contributed by atoms with Gasteiger partial charge < -0.3 is 9.84 Å². The van der Waals surface area contributed by atoms with Crippen LogP contribution in [0.5, 0.6) is 0 Å². The van der Waals surface area contributed by atoms with Gasteiger partial charge in [0.1, 0.15) is 0 Å². The van der Waals surface area contributed by atoms with Gasteiger partial charge >= 0.3 is 5.97 Å². The molecule has 0 fully saturated rings. The van der Waals surface area contributed by atoms with E-state index in [1.807, 2.05) is 0 Å². The van der Waals surface area contributed by atoms with Gasteiger partial charge in [0.05, 0.1) is 5.76 Å². The van der Waals surface area contributed by atoms with Crippen LogP contribution in [0.1, 0.15) is 26.2 Å². The fraction of sp³-hybridized carbons (Fsp3) is 0.625. The van der Waals surface area contributed by atoms with E-state index in [0.717, 1.165) is 0 Å². The second-order valence-electron chi connectivity index (χ2n) is 2.36. The number of rotatable bonds is 5. The summed E-state index contributed by atoms with van der Waals surface area (Å²) in [6.45, 7) is 5.19. The van der Waals surface area contributed by atoms with Crippen molar-refractivity contribution in [1.29, 1.82) is 0 Å². The number of hydrogen-bond acceptors (Lipinski definition) is 3. The number of ether oxygens (including phenoxy) is 1. The minimum atomic E-state index is -0.272. The van der Waals surface area contributed by atoms with Crippen LogP contribution in [0.25, 0.3) is 0 Å². The molecule has 3 heteroatoms. The van der Waals surface area contributed by atoms with Gasteiger partial charge in [-0.1, -0.05) is 6.58 Å². The second-order valence-corrected chi connectivity index (χ2v) is 2.36. The maximum absolute atomic E-state index is 10.8. The average Bonchev–Trinajstić information content (AvgIpc) is 1.86. The summed E-state index contributed by atoms with van der Waals surface area (Å²) in [5, 5.41) is 8.39. The fourth-order valence-electron chi connectivity index (χ4n) is 0.627. The Morgan fingerprint density at radius 3 is 2.64 bits per heavy atom. The molecule has 0 aromatic rings. The fourth-order valence-corrected chi connectivity index (χ4v) is 0.627. The summed E-state index contributed by atoms with van der Waals surface area (Å²) in [4.78, 5) is 10.8. The van der Waals surface area contributed by atoms with Crippen molar-refractivity contribution in [3.05, 3.63) is 12.3 Å². The van der Waals surface area contributed by atoms with Crippen LogP contribution in [-0.4, -0.2) is 17.7 Å². The van der Waals surface area contributed by atoms with E-state index in [2.05, 4.69) is 11.3 Å². The first-order valence-electron chi connectivity index (χ1n) is 3.64. The molecular formula is C8H14O3. The first kappa shape index (κ1) is 10.2. The molecule has 11 heavy (non-hydrogen) atoms. The van der Waals surface area contributed by atoms with Gasteiger partial charge in [-0.25, -0.2) is 0 Å². The monoisotopic (exact) mass is 158 g/mol. The molecule has 0 aromatic carbocycles. The predicted octanol–water partition coefficient (Wildman–Crippen LogP) is 1.23. The van der Waals surface area contributed by atoms with Crippen LogP contribution >= 0.6 is 0 Å². The summed E-state index contributed by atoms with van der Waals surface area (Å²) in [7, 11) is 0. The van der Waals surface area contributed by atoms with Crippen LogP contribution in [0.4, 0.5) is 0 Å². The first-order chi connectivity index (χ1) is 5.16. The van der Waals surface area contributed by atoms with E-state index in [9.17, 15) is 4.79 Å². The van der Waals surface area contributed by atoms with Crippen molar-refractivity contribution < 1.29 is 14.6 Å². The minimum absolute atomic E-state index is 0.125. The topological polar surface area (TPSA) is 46.5 Å². The van der Waals surface area contributed by atoms with E-state index in [0.29, 0.717) is 25.0 Å². The van der Waals surface area contributed by atoms with Gasteiger partial charge in [0.15, 0.2) is 0 Å². The molecular weight excluding hydrogens is 144 g/mol. The SMILES string of the molecule is C=C(C)OC(=O)CCCCO. The Bertz CT molecular complexity index is 140. The summed E-state index contributed by atoms with van der Waals surface area (Å²) < 4.78 is 4.68. The summed E-state index contributed by atoms with van der Waals surface area (Å²) in [5.74, 6) is 0.143. The smallest absolute Gasteiger partial charge is 0.310 e. The highest BCUT2D eigenvalue weighted by atomic mass is 16.5. The Hall–Kier alpha value is -0.830. The number of allylic oxidation sites excluding steroid dienone is 1. The average molecular weight is 158 g/mol. The number of aliphatic hydroxyl groups is 1. The van der Waals surface area contributed by atoms with Crippen molar-refractivity contribution in [2.75, 3.05) is 6.61 Å². The Balaban J connectivity index is 3.30. The van der Waals surface area contributed by atoms with Crippen molar-refractivity contribution in [3.63, 3.8) is 0 Å². The molecule has 0 rings (SSSR count). The van der Waals surface area contributed by atoms with Gasteiger partial charge in [0.2, 0.25) is 0 Å². The van der Waals surface area contributed by atoms with E-state index >= 15 is 0 Å². The lowest BCUT2D eigenvalue weighted by molar-refractivity contribution is -0.139. The number of carbonyl (C=O) groups excluding carboxylic acids is 1. The van der Waals surface area contributed by atoms with Gasteiger partial charge in [0.25, 0.3) is 0 Å². The molecule has 0 unspecified atom stereocenters. The molecule has 0 amide bonds. The molecule has 0 aliphatic carbocycles.